The molecular weight excluding hydrogens is 299 g/mol. The standard InChI is InChI=1S/C6H12F3NOSi.C5H5N.C2H3N/c1-10(12(2,3)4)5(11)6(7,8)9;1-2-4-6-5-3-1;1-2-3/h1-4H3;1-5H;1H3. The number of carbonyl (C=O) groups is 1. The maximum absolute atomic E-state index is 11.9. The van der Waals surface area contributed by atoms with Crippen LogP contribution in [0.1, 0.15) is 6.92 Å². The summed E-state index contributed by atoms with van der Waals surface area (Å²) in [5.41, 5.74) is 0. The largest absolute Gasteiger partial charge is 0.470 e. The van der Waals surface area contributed by atoms with Crippen molar-refractivity contribution in [2.75, 3.05) is 7.05 Å². The first kappa shape index (κ1) is 21.4. The summed E-state index contributed by atoms with van der Waals surface area (Å²) in [4.78, 5) is 14.4. The lowest BCUT2D eigenvalue weighted by Crippen LogP contribution is -2.51. The van der Waals surface area contributed by atoms with Gasteiger partial charge in [0.2, 0.25) is 0 Å². The van der Waals surface area contributed by atoms with E-state index in [-0.39, 0.29) is 0 Å². The molecule has 0 atom stereocenters. The predicted molar refractivity (Wildman–Crippen MR) is 77.7 cm³/mol. The van der Waals surface area contributed by atoms with Crippen LogP contribution in [0, 0.1) is 11.3 Å². The van der Waals surface area contributed by atoms with Crippen molar-refractivity contribution in [1.29, 1.82) is 5.26 Å². The van der Waals surface area contributed by atoms with Crippen LogP contribution in [0.4, 0.5) is 13.2 Å². The lowest BCUT2D eigenvalue weighted by molar-refractivity contribution is -0.179. The normalized spacial score (nSPS) is 10.0. The van der Waals surface area contributed by atoms with Gasteiger partial charge in [-0.05, 0) is 12.1 Å². The van der Waals surface area contributed by atoms with E-state index in [9.17, 15) is 18.0 Å². The molecule has 1 heterocycles. The van der Waals surface area contributed by atoms with Crippen molar-refractivity contribution in [1.82, 2.24) is 9.55 Å². The Balaban J connectivity index is 0. The first-order chi connectivity index (χ1) is 9.48. The molecule has 0 unspecified atom stereocenters. The minimum absolute atomic E-state index is 0.812. The number of hydrogen-bond acceptors (Lipinski definition) is 3. The molecule has 0 bridgehead atoms. The van der Waals surface area contributed by atoms with Gasteiger partial charge in [0.15, 0.2) is 8.24 Å². The van der Waals surface area contributed by atoms with E-state index in [0.29, 0.717) is 0 Å². The molecule has 1 amide bonds. The third kappa shape index (κ3) is 11.6. The number of alkyl halides is 3. The van der Waals surface area contributed by atoms with Crippen molar-refractivity contribution in [2.45, 2.75) is 32.7 Å². The van der Waals surface area contributed by atoms with Crippen LogP contribution in [0.2, 0.25) is 19.6 Å². The summed E-state index contributed by atoms with van der Waals surface area (Å²) in [6, 6.07) is 7.47. The Morgan fingerprint density at radius 3 is 1.67 bits per heavy atom. The number of nitrogens with zero attached hydrogens (tertiary/aromatic N) is 3. The zero-order valence-electron chi connectivity index (χ0n) is 12.8. The van der Waals surface area contributed by atoms with Crippen LogP contribution in [0.3, 0.4) is 0 Å². The van der Waals surface area contributed by atoms with E-state index >= 15 is 0 Å². The molecule has 21 heavy (non-hydrogen) atoms. The summed E-state index contributed by atoms with van der Waals surface area (Å²) in [5.74, 6) is -1.75. The van der Waals surface area contributed by atoms with Crippen LogP contribution in [0.5, 0.6) is 0 Å². The van der Waals surface area contributed by atoms with Gasteiger partial charge in [-0.3, -0.25) is 9.78 Å². The number of amides is 1. The second-order valence-electron chi connectivity index (χ2n) is 4.78. The second kappa shape index (κ2) is 9.93. The Bertz CT molecular complexity index is 412. The zero-order valence-corrected chi connectivity index (χ0v) is 13.8. The molecule has 0 aliphatic heterocycles. The monoisotopic (exact) mass is 319 g/mol. The molecule has 0 saturated heterocycles. The SMILES string of the molecule is CC#N.CN(C(=O)C(F)(F)F)[Si](C)(C)C.c1ccncc1. The summed E-state index contributed by atoms with van der Waals surface area (Å²) >= 11 is 0. The fraction of sp³-hybridized carbons (Fsp3) is 0.462. The molecule has 1 aromatic rings. The summed E-state index contributed by atoms with van der Waals surface area (Å²) in [5, 5.41) is 7.32. The minimum Gasteiger partial charge on any atom is -0.365 e. The van der Waals surface area contributed by atoms with Crippen molar-refractivity contribution in [3.05, 3.63) is 30.6 Å². The van der Waals surface area contributed by atoms with Crippen molar-refractivity contribution in [2.24, 2.45) is 0 Å². The fourth-order valence-corrected chi connectivity index (χ4v) is 1.54. The highest BCUT2D eigenvalue weighted by atomic mass is 28.3. The van der Waals surface area contributed by atoms with Crippen LogP contribution in [-0.4, -0.2) is 36.9 Å². The van der Waals surface area contributed by atoms with Crippen LogP contribution >= 0.6 is 0 Å². The third-order valence-corrected chi connectivity index (χ3v) is 4.34. The van der Waals surface area contributed by atoms with E-state index in [2.05, 4.69) is 4.98 Å². The predicted octanol–water partition coefficient (Wildman–Crippen LogP) is 3.45. The lowest BCUT2D eigenvalue weighted by atomic mass is 10.5. The Kier molecular flexibility index (Phi) is 10.1. The van der Waals surface area contributed by atoms with Gasteiger partial charge in [-0.15, -0.1) is 0 Å². The maximum atomic E-state index is 11.9. The molecule has 4 nitrogen and oxygen atoms in total. The Morgan fingerprint density at radius 2 is 1.57 bits per heavy atom. The van der Waals surface area contributed by atoms with Gasteiger partial charge < -0.3 is 4.57 Å². The van der Waals surface area contributed by atoms with E-state index in [1.165, 1.54) is 14.0 Å². The Morgan fingerprint density at radius 1 is 1.19 bits per heavy atom. The molecule has 0 aliphatic rings. The molecule has 8 heteroatoms. The Labute approximate surface area is 124 Å². The number of carbonyl (C=O) groups excluding carboxylic acids is 1. The molecule has 0 aromatic carbocycles. The molecule has 0 saturated carbocycles. The van der Waals surface area contributed by atoms with Gasteiger partial charge in [0.05, 0.1) is 6.07 Å². The molecule has 0 fully saturated rings. The van der Waals surface area contributed by atoms with E-state index in [4.69, 9.17) is 5.26 Å². The molecular formula is C13H20F3N3OSi. The van der Waals surface area contributed by atoms with Crippen molar-refractivity contribution < 1.29 is 18.0 Å². The molecule has 1 aromatic heterocycles. The molecule has 0 aliphatic carbocycles. The molecule has 0 N–H and O–H groups in total. The highest BCUT2D eigenvalue weighted by Gasteiger charge is 2.44. The van der Waals surface area contributed by atoms with E-state index in [0.717, 1.165) is 4.57 Å². The molecule has 1 rings (SSSR count). The third-order valence-electron chi connectivity index (χ3n) is 2.12. The first-order valence-corrected chi connectivity index (χ1v) is 9.44. The number of nitriles is 1. The minimum atomic E-state index is -4.74. The molecule has 0 spiro atoms. The summed E-state index contributed by atoms with van der Waals surface area (Å²) in [6.07, 6.45) is -1.24. The van der Waals surface area contributed by atoms with E-state index < -0.39 is 20.3 Å². The zero-order chi connectivity index (χ0) is 17.1. The van der Waals surface area contributed by atoms with Crippen LogP contribution in [-0.2, 0) is 4.79 Å². The Hall–Kier alpha value is -1.88. The first-order valence-electron chi connectivity index (χ1n) is 5.99. The summed E-state index contributed by atoms with van der Waals surface area (Å²) < 4.78 is 36.4. The van der Waals surface area contributed by atoms with Crippen LogP contribution in [0.25, 0.3) is 0 Å². The average molecular weight is 319 g/mol. The van der Waals surface area contributed by atoms with E-state index in [1.807, 2.05) is 18.2 Å². The van der Waals surface area contributed by atoms with Crippen molar-refractivity contribution >= 4 is 14.1 Å². The smallest absolute Gasteiger partial charge is 0.365 e. The number of aromatic nitrogens is 1. The maximum Gasteiger partial charge on any atom is 0.470 e. The van der Waals surface area contributed by atoms with Gasteiger partial charge in [-0.2, -0.15) is 18.4 Å². The van der Waals surface area contributed by atoms with E-state index in [1.54, 1.807) is 38.1 Å². The average Bonchev–Trinajstić information content (AvgIpc) is 2.38. The summed E-state index contributed by atoms with van der Waals surface area (Å²) in [6.45, 7) is 6.46. The van der Waals surface area contributed by atoms with Gasteiger partial charge in [-0.1, -0.05) is 25.7 Å². The van der Waals surface area contributed by atoms with Crippen molar-refractivity contribution in [3.8, 4) is 6.07 Å². The topological polar surface area (TPSA) is 57.0 Å². The summed E-state index contributed by atoms with van der Waals surface area (Å²) in [7, 11) is -0.973. The van der Waals surface area contributed by atoms with Gasteiger partial charge in [-0.25, -0.2) is 0 Å². The number of pyridine rings is 1. The number of halogens is 3. The quantitative estimate of drug-likeness (QED) is 0.745. The van der Waals surface area contributed by atoms with Gasteiger partial charge in [0, 0.05) is 26.4 Å². The highest BCUT2D eigenvalue weighted by Crippen LogP contribution is 2.20. The lowest BCUT2D eigenvalue weighted by Gasteiger charge is -2.30. The molecule has 0 radical (unpaired) electrons. The van der Waals surface area contributed by atoms with Crippen LogP contribution < -0.4 is 0 Å². The van der Waals surface area contributed by atoms with Gasteiger partial charge >= 0.3 is 12.1 Å². The number of rotatable bonds is 1. The molecule has 118 valence electrons. The van der Waals surface area contributed by atoms with Crippen molar-refractivity contribution in [3.63, 3.8) is 0 Å². The van der Waals surface area contributed by atoms with Crippen LogP contribution in [0.15, 0.2) is 30.6 Å². The fourth-order valence-electron chi connectivity index (χ4n) is 0.807. The second-order valence-corrected chi connectivity index (χ2v) is 9.79. The number of hydrogen-bond donors (Lipinski definition) is 0. The van der Waals surface area contributed by atoms with Gasteiger partial charge in [0.1, 0.15) is 0 Å². The van der Waals surface area contributed by atoms with Gasteiger partial charge in [0.25, 0.3) is 0 Å². The highest BCUT2D eigenvalue weighted by molar-refractivity contribution is 6.75.